The van der Waals surface area contributed by atoms with Gasteiger partial charge in [-0.2, -0.15) is 0 Å². The normalized spacial score (nSPS) is 11.4. The fourth-order valence-electron chi connectivity index (χ4n) is 4.09. The molecular weight excluding hydrogens is 527 g/mol. The Labute approximate surface area is 224 Å². The monoisotopic (exact) mass is 548 g/mol. The van der Waals surface area contributed by atoms with E-state index in [0.717, 1.165) is 20.9 Å². The van der Waals surface area contributed by atoms with Crippen LogP contribution in [0.15, 0.2) is 59.1 Å². The minimum atomic E-state index is -0.454. The Morgan fingerprint density at radius 3 is 2.71 bits per heavy atom. The summed E-state index contributed by atoms with van der Waals surface area (Å²) in [7, 11) is 3.16. The number of carbonyl (C=O) groups excluding carboxylic acids is 1. The zero-order valence-corrected chi connectivity index (χ0v) is 22.2. The molecule has 0 bridgehead atoms. The van der Waals surface area contributed by atoms with Crippen molar-refractivity contribution in [2.24, 2.45) is 0 Å². The number of hydrogen-bond donors (Lipinski definition) is 1. The fourth-order valence-corrected chi connectivity index (χ4v) is 5.83. The van der Waals surface area contributed by atoms with Gasteiger partial charge in [0.2, 0.25) is 4.96 Å². The molecule has 0 radical (unpaired) electrons. The summed E-state index contributed by atoms with van der Waals surface area (Å²) < 4.78 is 33.2. The van der Waals surface area contributed by atoms with E-state index in [9.17, 15) is 9.18 Å². The van der Waals surface area contributed by atoms with Crippen LogP contribution in [0.3, 0.4) is 0 Å². The lowest BCUT2D eigenvalue weighted by molar-refractivity contribution is 0.0963. The Morgan fingerprint density at radius 1 is 1.16 bits per heavy atom. The summed E-state index contributed by atoms with van der Waals surface area (Å²) in [5.74, 6) is 0.297. The van der Waals surface area contributed by atoms with E-state index in [1.807, 2.05) is 19.1 Å². The van der Waals surface area contributed by atoms with Crippen LogP contribution in [0.4, 0.5) is 4.39 Å². The van der Waals surface area contributed by atoms with Gasteiger partial charge in [-0.1, -0.05) is 12.1 Å². The van der Waals surface area contributed by atoms with Crippen molar-refractivity contribution in [1.29, 1.82) is 0 Å². The molecule has 11 heteroatoms. The first-order valence-corrected chi connectivity index (χ1v) is 13.2. The number of rotatable bonds is 7. The lowest BCUT2D eigenvalue weighted by atomic mass is 10.1. The number of nitrogens with one attached hydrogen (secondary N) is 1. The largest absolute Gasteiger partial charge is 0.488 e. The number of nitrogens with zero attached hydrogens (tertiary/aromatic N) is 3. The van der Waals surface area contributed by atoms with E-state index in [-0.39, 0.29) is 12.5 Å². The molecule has 8 nitrogen and oxygen atoms in total. The summed E-state index contributed by atoms with van der Waals surface area (Å²) in [4.78, 5) is 19.2. The highest BCUT2D eigenvalue weighted by Crippen LogP contribution is 2.37. The SMILES string of the molecule is CNC(=O)c1ccc(-c2cc(COc3cc(F)cc4oc(-c5cn6nc(OC)sc6n5)cc34)c(C)s2)cc1. The van der Waals surface area contributed by atoms with Crippen molar-refractivity contribution >= 4 is 44.5 Å². The van der Waals surface area contributed by atoms with Crippen molar-refractivity contribution in [3.63, 3.8) is 0 Å². The number of amides is 1. The highest BCUT2D eigenvalue weighted by Gasteiger charge is 2.18. The zero-order valence-electron chi connectivity index (χ0n) is 20.6. The van der Waals surface area contributed by atoms with Gasteiger partial charge in [-0.15, -0.1) is 16.4 Å². The molecule has 0 fully saturated rings. The second kappa shape index (κ2) is 9.58. The molecule has 0 unspecified atom stereocenters. The van der Waals surface area contributed by atoms with E-state index < -0.39 is 5.82 Å². The number of hydrogen-bond acceptors (Lipinski definition) is 8. The van der Waals surface area contributed by atoms with Gasteiger partial charge in [0, 0.05) is 40.1 Å². The Hall–Kier alpha value is -4.22. The number of aryl methyl sites for hydroxylation is 1. The van der Waals surface area contributed by atoms with Gasteiger partial charge in [0.05, 0.1) is 18.7 Å². The molecule has 6 aromatic rings. The lowest BCUT2D eigenvalue weighted by Crippen LogP contribution is -2.17. The molecule has 2 aromatic carbocycles. The van der Waals surface area contributed by atoms with Crippen LogP contribution in [-0.4, -0.2) is 34.7 Å². The first kappa shape index (κ1) is 24.1. The summed E-state index contributed by atoms with van der Waals surface area (Å²) in [5, 5.41) is 8.07. The molecule has 0 spiro atoms. The van der Waals surface area contributed by atoms with E-state index in [2.05, 4.69) is 21.5 Å². The van der Waals surface area contributed by atoms with Crippen LogP contribution in [-0.2, 0) is 6.61 Å². The molecule has 38 heavy (non-hydrogen) atoms. The van der Waals surface area contributed by atoms with Crippen LogP contribution in [0.1, 0.15) is 20.8 Å². The van der Waals surface area contributed by atoms with Crippen molar-refractivity contribution < 1.29 is 23.1 Å². The predicted molar refractivity (Wildman–Crippen MR) is 145 cm³/mol. The maximum Gasteiger partial charge on any atom is 0.294 e. The van der Waals surface area contributed by atoms with Crippen molar-refractivity contribution in [2.45, 2.75) is 13.5 Å². The van der Waals surface area contributed by atoms with Crippen molar-refractivity contribution in [3.8, 4) is 32.8 Å². The van der Waals surface area contributed by atoms with Crippen molar-refractivity contribution in [3.05, 3.63) is 76.5 Å². The third-order valence-corrected chi connectivity index (χ3v) is 8.10. The average Bonchev–Trinajstić information content (AvgIpc) is 3.68. The van der Waals surface area contributed by atoms with Crippen molar-refractivity contribution in [1.82, 2.24) is 19.9 Å². The number of aromatic nitrogens is 3. The van der Waals surface area contributed by atoms with Gasteiger partial charge in [-0.3, -0.25) is 4.79 Å². The number of methoxy groups -OCH3 is 1. The fraction of sp³-hybridized carbons (Fsp3) is 0.148. The molecule has 0 aliphatic carbocycles. The van der Waals surface area contributed by atoms with Crippen LogP contribution < -0.4 is 14.8 Å². The third-order valence-electron chi connectivity index (χ3n) is 6.08. The van der Waals surface area contributed by atoms with E-state index in [0.29, 0.717) is 43.9 Å². The van der Waals surface area contributed by atoms with Crippen LogP contribution in [0.2, 0.25) is 0 Å². The molecule has 192 valence electrons. The van der Waals surface area contributed by atoms with Gasteiger partial charge in [-0.25, -0.2) is 13.9 Å². The topological polar surface area (TPSA) is 90.9 Å². The number of halogens is 1. The minimum Gasteiger partial charge on any atom is -0.488 e. The number of carbonyl (C=O) groups is 1. The maximum atomic E-state index is 14.4. The van der Waals surface area contributed by atoms with Gasteiger partial charge in [-0.05, 0) is 48.1 Å². The smallest absolute Gasteiger partial charge is 0.294 e. The number of benzene rings is 2. The second-order valence-corrected chi connectivity index (χ2v) is 10.7. The molecule has 0 aliphatic rings. The van der Waals surface area contributed by atoms with Gasteiger partial charge in [0.1, 0.15) is 29.5 Å². The van der Waals surface area contributed by atoms with E-state index >= 15 is 0 Å². The van der Waals surface area contributed by atoms with Crippen LogP contribution in [0.25, 0.3) is 37.8 Å². The van der Waals surface area contributed by atoms with Crippen LogP contribution >= 0.6 is 22.7 Å². The number of fused-ring (bicyclic) bond motifs is 2. The Bertz CT molecular complexity index is 1770. The zero-order chi connectivity index (χ0) is 26.4. The molecule has 0 saturated heterocycles. The first-order valence-electron chi connectivity index (χ1n) is 11.6. The highest BCUT2D eigenvalue weighted by molar-refractivity contribution is 7.18. The standard InChI is InChI=1S/C27H21FN4O4S2/c1-14-17(8-24(37-14)15-4-6-16(7-5-15)25(33)29-2)13-35-21-9-18(28)10-22-19(21)11-23(36-22)20-12-32-26(30-20)38-27(31-32)34-3/h4-12H,13H2,1-3H3,(H,29,33). The Morgan fingerprint density at radius 2 is 1.97 bits per heavy atom. The molecule has 1 N–H and O–H groups in total. The van der Waals surface area contributed by atoms with Gasteiger partial charge >= 0.3 is 0 Å². The van der Waals surface area contributed by atoms with E-state index in [4.69, 9.17) is 13.9 Å². The molecule has 1 amide bonds. The van der Waals surface area contributed by atoms with Gasteiger partial charge < -0.3 is 19.2 Å². The molecule has 4 heterocycles. The summed E-state index contributed by atoms with van der Waals surface area (Å²) in [5.41, 5.74) is 3.56. The first-order chi connectivity index (χ1) is 18.4. The third kappa shape index (κ3) is 4.39. The van der Waals surface area contributed by atoms with E-state index in [1.54, 1.807) is 54.4 Å². The molecule has 0 saturated carbocycles. The minimum absolute atomic E-state index is 0.124. The predicted octanol–water partition coefficient (Wildman–Crippen LogP) is 6.33. The lowest BCUT2D eigenvalue weighted by Gasteiger charge is -2.07. The Balaban J connectivity index is 1.25. The summed E-state index contributed by atoms with van der Waals surface area (Å²) in [6.45, 7) is 2.29. The molecule has 4 aromatic heterocycles. The number of thiophene rings is 1. The van der Waals surface area contributed by atoms with Gasteiger partial charge in [0.25, 0.3) is 11.1 Å². The van der Waals surface area contributed by atoms with Crippen LogP contribution in [0.5, 0.6) is 10.9 Å². The van der Waals surface area contributed by atoms with Gasteiger partial charge in [0.15, 0.2) is 5.76 Å². The molecular formula is C27H21FN4O4S2. The summed E-state index contributed by atoms with van der Waals surface area (Å²) in [6, 6.07) is 14.0. The van der Waals surface area contributed by atoms with E-state index in [1.165, 1.54) is 23.5 Å². The summed E-state index contributed by atoms with van der Waals surface area (Å²) in [6.07, 6.45) is 1.74. The molecule has 0 atom stereocenters. The maximum absolute atomic E-state index is 14.4. The summed E-state index contributed by atoms with van der Waals surface area (Å²) >= 11 is 2.95. The van der Waals surface area contributed by atoms with Crippen LogP contribution in [0, 0.1) is 12.7 Å². The quantitative estimate of drug-likeness (QED) is 0.251. The number of ether oxygens (including phenoxy) is 2. The van der Waals surface area contributed by atoms with Crippen molar-refractivity contribution in [2.75, 3.05) is 14.2 Å². The number of furan rings is 1. The molecule has 6 rings (SSSR count). The highest BCUT2D eigenvalue weighted by atomic mass is 32.1. The molecule has 0 aliphatic heterocycles. The number of imidazole rings is 1. The average molecular weight is 549 g/mol. The second-order valence-electron chi connectivity index (χ2n) is 8.49. The Kier molecular flexibility index (Phi) is 6.09.